The standard InChI is InChI=1S/C12H11FN2O2S/c13-9-3-1-2-8(6-9)4-5-14-11-10(12(16)17)15-7-18-11/h1-3,6-7,14H,4-5H2,(H,16,17). The second-order valence-corrected chi connectivity index (χ2v) is 4.50. The minimum atomic E-state index is -1.05. The molecular weight excluding hydrogens is 255 g/mol. The fourth-order valence-electron chi connectivity index (χ4n) is 1.54. The molecule has 0 amide bonds. The Labute approximate surface area is 107 Å². The smallest absolute Gasteiger partial charge is 0.357 e. The topological polar surface area (TPSA) is 62.2 Å². The second kappa shape index (κ2) is 5.59. The molecule has 0 bridgehead atoms. The van der Waals surface area contributed by atoms with E-state index in [2.05, 4.69) is 10.3 Å². The van der Waals surface area contributed by atoms with Crippen LogP contribution in [0.4, 0.5) is 9.39 Å². The molecule has 0 saturated heterocycles. The van der Waals surface area contributed by atoms with Gasteiger partial charge in [-0.05, 0) is 24.1 Å². The van der Waals surface area contributed by atoms with E-state index in [0.717, 1.165) is 5.56 Å². The van der Waals surface area contributed by atoms with E-state index in [1.807, 2.05) is 6.07 Å². The van der Waals surface area contributed by atoms with E-state index in [1.165, 1.54) is 29.0 Å². The molecule has 1 aromatic heterocycles. The number of carboxylic acids is 1. The van der Waals surface area contributed by atoms with Crippen LogP contribution in [0.3, 0.4) is 0 Å². The molecule has 2 aromatic rings. The van der Waals surface area contributed by atoms with Crippen molar-refractivity contribution in [2.45, 2.75) is 6.42 Å². The Morgan fingerprint density at radius 3 is 3.06 bits per heavy atom. The Hall–Kier alpha value is -1.95. The molecule has 0 aliphatic heterocycles. The number of nitrogens with one attached hydrogen (secondary N) is 1. The van der Waals surface area contributed by atoms with E-state index in [4.69, 9.17) is 5.11 Å². The molecule has 1 aromatic carbocycles. The Balaban J connectivity index is 1.92. The molecule has 0 fully saturated rings. The zero-order valence-corrected chi connectivity index (χ0v) is 10.2. The first-order chi connectivity index (χ1) is 8.66. The molecule has 1 heterocycles. The summed E-state index contributed by atoms with van der Waals surface area (Å²) >= 11 is 1.24. The van der Waals surface area contributed by atoms with Gasteiger partial charge in [0, 0.05) is 6.54 Å². The lowest BCUT2D eigenvalue weighted by atomic mass is 10.1. The minimum absolute atomic E-state index is 0.0271. The van der Waals surface area contributed by atoms with E-state index in [9.17, 15) is 9.18 Å². The number of hydrogen-bond donors (Lipinski definition) is 2. The quantitative estimate of drug-likeness (QED) is 0.873. The molecule has 94 valence electrons. The van der Waals surface area contributed by atoms with Crippen LogP contribution in [0.1, 0.15) is 16.1 Å². The predicted octanol–water partition coefficient (Wildman–Crippen LogP) is 2.64. The first kappa shape index (κ1) is 12.5. The average Bonchev–Trinajstić information content (AvgIpc) is 2.77. The molecular formula is C12H11FN2O2S. The Bertz CT molecular complexity index is 557. The molecule has 6 heteroatoms. The van der Waals surface area contributed by atoms with Crippen LogP contribution in [0.15, 0.2) is 29.8 Å². The van der Waals surface area contributed by atoms with Crippen LogP contribution in [-0.4, -0.2) is 22.6 Å². The van der Waals surface area contributed by atoms with Gasteiger partial charge in [-0.3, -0.25) is 0 Å². The van der Waals surface area contributed by atoms with Crippen molar-refractivity contribution < 1.29 is 14.3 Å². The molecule has 0 radical (unpaired) electrons. The maximum absolute atomic E-state index is 12.9. The van der Waals surface area contributed by atoms with Gasteiger partial charge in [0.1, 0.15) is 10.8 Å². The fraction of sp³-hybridized carbons (Fsp3) is 0.167. The highest BCUT2D eigenvalue weighted by Gasteiger charge is 2.12. The third-order valence-corrected chi connectivity index (χ3v) is 3.14. The summed E-state index contributed by atoms with van der Waals surface area (Å²) < 4.78 is 12.9. The summed E-state index contributed by atoms with van der Waals surface area (Å²) in [6.45, 7) is 0.534. The van der Waals surface area contributed by atoms with Gasteiger partial charge in [-0.15, -0.1) is 11.3 Å². The van der Waals surface area contributed by atoms with Crippen LogP contribution < -0.4 is 5.32 Å². The van der Waals surface area contributed by atoms with Gasteiger partial charge >= 0.3 is 5.97 Å². The highest BCUT2D eigenvalue weighted by Crippen LogP contribution is 2.19. The van der Waals surface area contributed by atoms with E-state index in [1.54, 1.807) is 6.07 Å². The van der Waals surface area contributed by atoms with Crippen molar-refractivity contribution in [1.29, 1.82) is 0 Å². The van der Waals surface area contributed by atoms with Crippen molar-refractivity contribution in [1.82, 2.24) is 4.98 Å². The monoisotopic (exact) mass is 266 g/mol. The zero-order valence-electron chi connectivity index (χ0n) is 9.39. The molecule has 2 N–H and O–H groups in total. The molecule has 2 rings (SSSR count). The fourth-order valence-corrected chi connectivity index (χ4v) is 2.24. The molecule has 0 saturated carbocycles. The van der Waals surface area contributed by atoms with Crippen LogP contribution in [0.2, 0.25) is 0 Å². The number of nitrogens with zero attached hydrogens (tertiary/aromatic N) is 1. The number of aromatic nitrogens is 1. The SMILES string of the molecule is O=C(O)c1ncsc1NCCc1cccc(F)c1. The maximum atomic E-state index is 12.9. The maximum Gasteiger partial charge on any atom is 0.357 e. The second-order valence-electron chi connectivity index (χ2n) is 3.64. The van der Waals surface area contributed by atoms with Gasteiger partial charge in [0.2, 0.25) is 0 Å². The Morgan fingerprint density at radius 2 is 2.33 bits per heavy atom. The number of anilines is 1. The van der Waals surface area contributed by atoms with Crippen LogP contribution in [0, 0.1) is 5.82 Å². The van der Waals surface area contributed by atoms with Crippen molar-refractivity contribution in [3.63, 3.8) is 0 Å². The third-order valence-electron chi connectivity index (χ3n) is 2.36. The van der Waals surface area contributed by atoms with Gasteiger partial charge in [-0.2, -0.15) is 0 Å². The Kier molecular flexibility index (Phi) is 3.88. The highest BCUT2D eigenvalue weighted by atomic mass is 32.1. The Morgan fingerprint density at radius 1 is 1.50 bits per heavy atom. The number of aromatic carboxylic acids is 1. The molecule has 4 nitrogen and oxygen atoms in total. The molecule has 0 atom stereocenters. The molecule has 0 spiro atoms. The van der Waals surface area contributed by atoms with Gasteiger partial charge in [-0.1, -0.05) is 12.1 Å². The predicted molar refractivity (Wildman–Crippen MR) is 67.7 cm³/mol. The van der Waals surface area contributed by atoms with Gasteiger partial charge in [0.15, 0.2) is 5.69 Å². The van der Waals surface area contributed by atoms with Gasteiger partial charge in [-0.25, -0.2) is 14.2 Å². The van der Waals surface area contributed by atoms with Crippen molar-refractivity contribution in [3.05, 3.63) is 46.9 Å². The lowest BCUT2D eigenvalue weighted by Gasteiger charge is -2.04. The number of rotatable bonds is 5. The summed E-state index contributed by atoms with van der Waals surface area (Å²) in [6.07, 6.45) is 0.620. The average molecular weight is 266 g/mol. The minimum Gasteiger partial charge on any atom is -0.476 e. The number of halogens is 1. The normalized spacial score (nSPS) is 10.3. The lowest BCUT2D eigenvalue weighted by Crippen LogP contribution is -2.08. The third kappa shape index (κ3) is 3.04. The van der Waals surface area contributed by atoms with E-state index in [0.29, 0.717) is 18.0 Å². The van der Waals surface area contributed by atoms with E-state index in [-0.39, 0.29) is 11.5 Å². The first-order valence-electron chi connectivity index (χ1n) is 5.32. The number of thiazole rings is 1. The highest BCUT2D eigenvalue weighted by molar-refractivity contribution is 7.14. The number of carboxylic acid groups (broad SMARTS) is 1. The summed E-state index contributed by atoms with van der Waals surface area (Å²) in [4.78, 5) is 14.6. The van der Waals surface area contributed by atoms with Crippen LogP contribution >= 0.6 is 11.3 Å². The van der Waals surface area contributed by atoms with Crippen molar-refractivity contribution in [2.24, 2.45) is 0 Å². The molecule has 0 unspecified atom stereocenters. The zero-order chi connectivity index (χ0) is 13.0. The summed E-state index contributed by atoms with van der Waals surface area (Å²) in [7, 11) is 0. The van der Waals surface area contributed by atoms with Crippen LogP contribution in [0.25, 0.3) is 0 Å². The van der Waals surface area contributed by atoms with Gasteiger partial charge in [0.25, 0.3) is 0 Å². The van der Waals surface area contributed by atoms with Crippen molar-refractivity contribution >= 4 is 22.3 Å². The largest absolute Gasteiger partial charge is 0.476 e. The number of carbonyl (C=O) groups is 1. The van der Waals surface area contributed by atoms with Gasteiger partial charge < -0.3 is 10.4 Å². The van der Waals surface area contributed by atoms with Crippen LogP contribution in [0.5, 0.6) is 0 Å². The number of benzene rings is 1. The lowest BCUT2D eigenvalue weighted by molar-refractivity contribution is 0.0692. The molecule has 18 heavy (non-hydrogen) atoms. The van der Waals surface area contributed by atoms with Gasteiger partial charge in [0.05, 0.1) is 5.51 Å². The van der Waals surface area contributed by atoms with Crippen LogP contribution in [-0.2, 0) is 6.42 Å². The molecule has 0 aliphatic rings. The first-order valence-corrected chi connectivity index (χ1v) is 6.20. The summed E-state index contributed by atoms with van der Waals surface area (Å²) in [5.74, 6) is -1.32. The number of hydrogen-bond acceptors (Lipinski definition) is 4. The molecule has 0 aliphatic carbocycles. The summed E-state index contributed by atoms with van der Waals surface area (Å²) in [6, 6.07) is 6.34. The van der Waals surface area contributed by atoms with Crippen molar-refractivity contribution in [2.75, 3.05) is 11.9 Å². The van der Waals surface area contributed by atoms with E-state index >= 15 is 0 Å². The summed E-state index contributed by atoms with van der Waals surface area (Å²) in [5, 5.41) is 12.4. The van der Waals surface area contributed by atoms with Crippen molar-refractivity contribution in [3.8, 4) is 0 Å². The summed E-state index contributed by atoms with van der Waals surface area (Å²) in [5.41, 5.74) is 2.37. The van der Waals surface area contributed by atoms with E-state index < -0.39 is 5.97 Å².